The SMILES string of the molecule is [C-]#[N+]c1ccc(Oc2ccc(N)cc2)cc1. The first-order valence-corrected chi connectivity index (χ1v) is 4.79. The molecule has 16 heavy (non-hydrogen) atoms. The Kier molecular flexibility index (Phi) is 2.75. The molecular weight excluding hydrogens is 200 g/mol. The third kappa shape index (κ3) is 2.31. The van der Waals surface area contributed by atoms with Gasteiger partial charge < -0.3 is 10.5 Å². The monoisotopic (exact) mass is 210 g/mol. The molecule has 0 fully saturated rings. The Morgan fingerprint density at radius 2 is 1.38 bits per heavy atom. The molecule has 2 aromatic carbocycles. The van der Waals surface area contributed by atoms with Gasteiger partial charge in [0.05, 0.1) is 6.57 Å². The molecule has 3 heteroatoms. The minimum absolute atomic E-state index is 0.602. The molecule has 0 saturated heterocycles. The Morgan fingerprint density at radius 1 is 0.875 bits per heavy atom. The van der Waals surface area contributed by atoms with Crippen molar-refractivity contribution in [2.24, 2.45) is 0 Å². The Balaban J connectivity index is 2.15. The molecule has 0 aromatic heterocycles. The van der Waals surface area contributed by atoms with E-state index in [9.17, 15) is 0 Å². The first-order chi connectivity index (χ1) is 7.78. The Morgan fingerprint density at radius 3 is 1.88 bits per heavy atom. The molecule has 0 heterocycles. The van der Waals surface area contributed by atoms with Gasteiger partial charge in [-0.2, -0.15) is 0 Å². The first-order valence-electron chi connectivity index (χ1n) is 4.79. The largest absolute Gasteiger partial charge is 0.457 e. The van der Waals surface area contributed by atoms with Crippen molar-refractivity contribution in [1.82, 2.24) is 0 Å². The second-order valence-corrected chi connectivity index (χ2v) is 3.28. The van der Waals surface area contributed by atoms with Crippen molar-refractivity contribution >= 4 is 11.4 Å². The van der Waals surface area contributed by atoms with Crippen LogP contribution in [-0.4, -0.2) is 0 Å². The van der Waals surface area contributed by atoms with Crippen LogP contribution in [0.5, 0.6) is 11.5 Å². The topological polar surface area (TPSA) is 39.6 Å². The van der Waals surface area contributed by atoms with Crippen molar-refractivity contribution in [2.75, 3.05) is 5.73 Å². The smallest absolute Gasteiger partial charge is 0.187 e. The summed E-state index contributed by atoms with van der Waals surface area (Å²) in [5, 5.41) is 0. The highest BCUT2D eigenvalue weighted by Gasteiger charge is 1.97. The molecule has 0 unspecified atom stereocenters. The number of nitrogens with zero attached hydrogens (tertiary/aromatic N) is 1. The van der Waals surface area contributed by atoms with Crippen LogP contribution in [-0.2, 0) is 0 Å². The van der Waals surface area contributed by atoms with Crippen LogP contribution in [0.15, 0.2) is 48.5 Å². The van der Waals surface area contributed by atoms with Crippen LogP contribution in [0.1, 0.15) is 0 Å². The van der Waals surface area contributed by atoms with Gasteiger partial charge in [-0.1, -0.05) is 12.1 Å². The summed E-state index contributed by atoms with van der Waals surface area (Å²) in [5.74, 6) is 1.43. The number of hydrogen-bond acceptors (Lipinski definition) is 2. The molecule has 0 aliphatic heterocycles. The maximum Gasteiger partial charge on any atom is 0.187 e. The van der Waals surface area contributed by atoms with Gasteiger partial charge in [-0.25, -0.2) is 4.85 Å². The van der Waals surface area contributed by atoms with E-state index in [0.717, 1.165) is 5.75 Å². The lowest BCUT2D eigenvalue weighted by molar-refractivity contribution is 0.483. The van der Waals surface area contributed by atoms with Crippen LogP contribution in [0.4, 0.5) is 11.4 Å². The Bertz CT molecular complexity index is 509. The lowest BCUT2D eigenvalue weighted by Gasteiger charge is -2.05. The first kappa shape index (κ1) is 10.1. The summed E-state index contributed by atoms with van der Waals surface area (Å²) in [4.78, 5) is 3.31. The highest BCUT2D eigenvalue weighted by molar-refractivity contribution is 5.48. The lowest BCUT2D eigenvalue weighted by atomic mass is 10.3. The standard InChI is InChI=1S/C13H10N2O/c1-15-11-4-8-13(9-5-11)16-12-6-2-10(14)3-7-12/h2-9H,14H2. The molecule has 2 N–H and O–H groups in total. The fourth-order valence-corrected chi connectivity index (χ4v) is 1.26. The minimum atomic E-state index is 0.602. The minimum Gasteiger partial charge on any atom is -0.457 e. The van der Waals surface area contributed by atoms with Crippen LogP contribution in [0.2, 0.25) is 0 Å². The summed E-state index contributed by atoms with van der Waals surface area (Å²) in [6.07, 6.45) is 0. The van der Waals surface area contributed by atoms with E-state index >= 15 is 0 Å². The van der Waals surface area contributed by atoms with Gasteiger partial charge in [-0.15, -0.1) is 0 Å². The zero-order valence-corrected chi connectivity index (χ0v) is 8.55. The van der Waals surface area contributed by atoms with Gasteiger partial charge in [0.1, 0.15) is 11.5 Å². The summed E-state index contributed by atoms with van der Waals surface area (Å²) in [5.41, 5.74) is 6.88. The van der Waals surface area contributed by atoms with E-state index in [4.69, 9.17) is 17.0 Å². The quantitative estimate of drug-likeness (QED) is 0.607. The summed E-state index contributed by atoms with van der Waals surface area (Å²) >= 11 is 0. The second-order valence-electron chi connectivity index (χ2n) is 3.28. The fraction of sp³-hybridized carbons (Fsp3) is 0. The third-order valence-electron chi connectivity index (χ3n) is 2.08. The van der Waals surface area contributed by atoms with Crippen molar-refractivity contribution < 1.29 is 4.74 Å². The Labute approximate surface area is 93.9 Å². The molecule has 2 aromatic rings. The molecule has 0 aliphatic carbocycles. The van der Waals surface area contributed by atoms with Crippen molar-refractivity contribution in [3.8, 4) is 11.5 Å². The predicted octanol–water partition coefficient (Wildman–Crippen LogP) is 3.61. The molecule has 78 valence electrons. The normalized spacial score (nSPS) is 9.44. The van der Waals surface area contributed by atoms with Gasteiger partial charge in [-0.3, -0.25) is 0 Å². The number of anilines is 1. The van der Waals surface area contributed by atoms with E-state index in [-0.39, 0.29) is 0 Å². The number of nitrogen functional groups attached to an aromatic ring is 1. The molecule has 0 amide bonds. The van der Waals surface area contributed by atoms with E-state index in [1.807, 2.05) is 0 Å². The van der Waals surface area contributed by atoms with E-state index < -0.39 is 0 Å². The van der Waals surface area contributed by atoms with E-state index in [0.29, 0.717) is 17.1 Å². The lowest BCUT2D eigenvalue weighted by Crippen LogP contribution is -1.86. The molecule has 2 rings (SSSR count). The van der Waals surface area contributed by atoms with E-state index in [1.165, 1.54) is 0 Å². The van der Waals surface area contributed by atoms with Gasteiger partial charge in [0.15, 0.2) is 5.69 Å². The van der Waals surface area contributed by atoms with Gasteiger partial charge in [0.2, 0.25) is 0 Å². The van der Waals surface area contributed by atoms with Gasteiger partial charge >= 0.3 is 0 Å². The molecule has 0 saturated carbocycles. The van der Waals surface area contributed by atoms with Crippen molar-refractivity contribution in [3.63, 3.8) is 0 Å². The van der Waals surface area contributed by atoms with E-state index in [2.05, 4.69) is 4.85 Å². The van der Waals surface area contributed by atoms with Crippen molar-refractivity contribution in [3.05, 3.63) is 59.9 Å². The number of benzene rings is 2. The summed E-state index contributed by atoms with van der Waals surface area (Å²) in [6, 6.07) is 14.1. The molecule has 0 bridgehead atoms. The van der Waals surface area contributed by atoms with Crippen LogP contribution in [0.25, 0.3) is 4.85 Å². The molecule has 3 nitrogen and oxygen atoms in total. The second kappa shape index (κ2) is 4.37. The summed E-state index contributed by atoms with van der Waals surface area (Å²) in [6.45, 7) is 6.83. The van der Waals surface area contributed by atoms with Crippen LogP contribution in [0.3, 0.4) is 0 Å². The van der Waals surface area contributed by atoms with Gasteiger partial charge in [0, 0.05) is 5.69 Å². The summed E-state index contributed by atoms with van der Waals surface area (Å²) in [7, 11) is 0. The third-order valence-corrected chi connectivity index (χ3v) is 2.08. The number of rotatable bonds is 2. The fourth-order valence-electron chi connectivity index (χ4n) is 1.26. The molecular formula is C13H10N2O. The van der Waals surface area contributed by atoms with Crippen LogP contribution >= 0.6 is 0 Å². The number of hydrogen-bond donors (Lipinski definition) is 1. The highest BCUT2D eigenvalue weighted by Crippen LogP contribution is 2.24. The zero-order valence-electron chi connectivity index (χ0n) is 8.55. The highest BCUT2D eigenvalue weighted by atomic mass is 16.5. The van der Waals surface area contributed by atoms with Crippen LogP contribution < -0.4 is 10.5 Å². The predicted molar refractivity (Wildman–Crippen MR) is 63.6 cm³/mol. The van der Waals surface area contributed by atoms with Crippen molar-refractivity contribution in [2.45, 2.75) is 0 Å². The van der Waals surface area contributed by atoms with Crippen LogP contribution in [0, 0.1) is 6.57 Å². The maximum atomic E-state index is 6.83. The summed E-state index contributed by atoms with van der Waals surface area (Å²) < 4.78 is 5.57. The Hall–Kier alpha value is -2.47. The number of nitrogens with two attached hydrogens (primary N) is 1. The molecule has 0 spiro atoms. The van der Waals surface area contributed by atoms with Gasteiger partial charge in [0.25, 0.3) is 0 Å². The average molecular weight is 210 g/mol. The van der Waals surface area contributed by atoms with Crippen molar-refractivity contribution in [1.29, 1.82) is 0 Å². The molecule has 0 aliphatic rings. The van der Waals surface area contributed by atoms with E-state index in [1.54, 1.807) is 48.5 Å². The molecule has 0 radical (unpaired) electrons. The average Bonchev–Trinajstić information content (AvgIpc) is 2.33. The van der Waals surface area contributed by atoms with Gasteiger partial charge in [-0.05, 0) is 36.4 Å². The zero-order chi connectivity index (χ0) is 11.4. The molecule has 0 atom stereocenters. The maximum absolute atomic E-state index is 6.83. The number of ether oxygens (including phenoxy) is 1.